The molecule has 3 nitrogen and oxygen atoms in total. The molecule has 0 saturated heterocycles. The fourth-order valence-electron chi connectivity index (χ4n) is 2.94. The van der Waals surface area contributed by atoms with Gasteiger partial charge in [0.1, 0.15) is 5.76 Å². The van der Waals surface area contributed by atoms with E-state index in [1.165, 1.54) is 23.2 Å². The third kappa shape index (κ3) is 2.73. The van der Waals surface area contributed by atoms with E-state index in [4.69, 9.17) is 4.42 Å². The van der Waals surface area contributed by atoms with Crippen molar-refractivity contribution in [1.29, 1.82) is 0 Å². The summed E-state index contributed by atoms with van der Waals surface area (Å²) in [6, 6.07) is 10.7. The van der Waals surface area contributed by atoms with Crippen LogP contribution in [0, 0.1) is 6.92 Å². The highest BCUT2D eigenvalue weighted by atomic mass is 16.3. The van der Waals surface area contributed by atoms with Gasteiger partial charge in [0.15, 0.2) is 0 Å². The van der Waals surface area contributed by atoms with Gasteiger partial charge >= 0.3 is 0 Å². The lowest BCUT2D eigenvalue weighted by Crippen LogP contribution is -2.21. The molecule has 0 fully saturated rings. The van der Waals surface area contributed by atoms with Crippen molar-refractivity contribution in [3.8, 4) is 0 Å². The molecule has 20 heavy (non-hydrogen) atoms. The molecular formula is C17H22N2O. The summed E-state index contributed by atoms with van der Waals surface area (Å²) < 4.78 is 5.35. The van der Waals surface area contributed by atoms with E-state index >= 15 is 0 Å². The quantitative estimate of drug-likeness (QED) is 0.899. The Bertz CT molecular complexity index is 576. The van der Waals surface area contributed by atoms with Crippen LogP contribution in [-0.4, -0.2) is 25.0 Å². The van der Waals surface area contributed by atoms with Gasteiger partial charge in [0.25, 0.3) is 0 Å². The molecule has 2 heterocycles. The number of nitrogens with one attached hydrogen (secondary N) is 1. The zero-order valence-electron chi connectivity index (χ0n) is 12.2. The molecular weight excluding hydrogens is 248 g/mol. The summed E-state index contributed by atoms with van der Waals surface area (Å²) in [6.07, 6.45) is 2.97. The predicted molar refractivity (Wildman–Crippen MR) is 82.1 cm³/mol. The summed E-state index contributed by atoms with van der Waals surface area (Å²) in [5.41, 5.74) is 4.07. The molecule has 0 amide bonds. The molecule has 1 aliphatic heterocycles. The van der Waals surface area contributed by atoms with Crippen LogP contribution >= 0.6 is 0 Å². The third-order valence-electron chi connectivity index (χ3n) is 4.21. The fourth-order valence-corrected chi connectivity index (χ4v) is 2.94. The number of anilines is 1. The molecule has 2 aromatic rings. The van der Waals surface area contributed by atoms with Crippen LogP contribution in [0.25, 0.3) is 0 Å². The summed E-state index contributed by atoms with van der Waals surface area (Å²) >= 11 is 0. The molecule has 1 N–H and O–H groups in total. The van der Waals surface area contributed by atoms with E-state index in [0.717, 1.165) is 25.4 Å². The standard InChI is InChI=1S/C17H22N2O/c1-13-15(8-10-20-13)12-19(2)9-7-14-11-18-17-6-4-3-5-16(14)17/h3-6,8,10,14,18H,7,9,11-12H2,1-2H3. The van der Waals surface area contributed by atoms with Gasteiger partial charge in [-0.25, -0.2) is 0 Å². The van der Waals surface area contributed by atoms with Crippen molar-refractivity contribution in [3.63, 3.8) is 0 Å². The van der Waals surface area contributed by atoms with Crippen LogP contribution in [0.3, 0.4) is 0 Å². The number of para-hydroxylation sites is 1. The van der Waals surface area contributed by atoms with Crippen LogP contribution in [0.15, 0.2) is 41.0 Å². The van der Waals surface area contributed by atoms with Gasteiger partial charge < -0.3 is 14.6 Å². The maximum absolute atomic E-state index is 5.35. The number of rotatable bonds is 5. The summed E-state index contributed by atoms with van der Waals surface area (Å²) in [5.74, 6) is 1.67. The Hall–Kier alpha value is -1.74. The minimum atomic E-state index is 0.638. The molecule has 0 aliphatic carbocycles. The molecule has 0 spiro atoms. The summed E-state index contributed by atoms with van der Waals surface area (Å²) in [5, 5.41) is 3.50. The lowest BCUT2D eigenvalue weighted by Gasteiger charge is -2.18. The lowest BCUT2D eigenvalue weighted by atomic mass is 9.98. The van der Waals surface area contributed by atoms with Gasteiger partial charge in [-0.3, -0.25) is 0 Å². The minimum Gasteiger partial charge on any atom is -0.469 e. The van der Waals surface area contributed by atoms with E-state index in [1.807, 2.05) is 6.92 Å². The topological polar surface area (TPSA) is 28.4 Å². The highest BCUT2D eigenvalue weighted by molar-refractivity contribution is 5.57. The first-order chi connectivity index (χ1) is 9.74. The Kier molecular flexibility index (Phi) is 3.79. The summed E-state index contributed by atoms with van der Waals surface area (Å²) in [4.78, 5) is 2.37. The molecule has 1 atom stereocenters. The van der Waals surface area contributed by atoms with Crippen molar-refractivity contribution in [1.82, 2.24) is 4.90 Å². The maximum atomic E-state index is 5.35. The Balaban J connectivity index is 1.54. The normalized spacial score (nSPS) is 17.2. The SMILES string of the molecule is Cc1occc1CN(C)CCC1CNc2ccccc21. The van der Waals surface area contributed by atoms with Crippen molar-refractivity contribution in [2.75, 3.05) is 25.5 Å². The van der Waals surface area contributed by atoms with Crippen LogP contribution in [0.1, 0.15) is 29.2 Å². The van der Waals surface area contributed by atoms with E-state index in [2.05, 4.69) is 47.6 Å². The van der Waals surface area contributed by atoms with E-state index in [-0.39, 0.29) is 0 Å². The highest BCUT2D eigenvalue weighted by Gasteiger charge is 2.21. The smallest absolute Gasteiger partial charge is 0.105 e. The zero-order chi connectivity index (χ0) is 13.9. The number of furan rings is 1. The van der Waals surface area contributed by atoms with Crippen LogP contribution in [0.5, 0.6) is 0 Å². The second-order valence-electron chi connectivity index (χ2n) is 5.69. The molecule has 0 saturated carbocycles. The summed E-state index contributed by atoms with van der Waals surface area (Å²) in [7, 11) is 2.18. The second-order valence-corrected chi connectivity index (χ2v) is 5.69. The molecule has 3 rings (SSSR count). The number of benzene rings is 1. The van der Waals surface area contributed by atoms with Crippen LogP contribution in [-0.2, 0) is 6.54 Å². The Morgan fingerprint density at radius 3 is 2.95 bits per heavy atom. The van der Waals surface area contributed by atoms with Gasteiger partial charge in [-0.05, 0) is 44.6 Å². The molecule has 0 radical (unpaired) electrons. The summed E-state index contributed by atoms with van der Waals surface area (Å²) in [6.45, 7) is 5.16. The Labute approximate surface area is 120 Å². The first-order valence-corrected chi connectivity index (χ1v) is 7.28. The molecule has 1 aromatic heterocycles. The monoisotopic (exact) mass is 270 g/mol. The molecule has 1 aliphatic rings. The highest BCUT2D eigenvalue weighted by Crippen LogP contribution is 2.33. The molecule has 3 heteroatoms. The number of aryl methyl sites for hydroxylation is 1. The van der Waals surface area contributed by atoms with E-state index in [1.54, 1.807) is 6.26 Å². The average Bonchev–Trinajstić information content (AvgIpc) is 3.04. The van der Waals surface area contributed by atoms with Crippen molar-refractivity contribution in [3.05, 3.63) is 53.5 Å². The number of fused-ring (bicyclic) bond motifs is 1. The van der Waals surface area contributed by atoms with Gasteiger partial charge in [0.05, 0.1) is 6.26 Å². The molecule has 1 unspecified atom stereocenters. The van der Waals surface area contributed by atoms with Gasteiger partial charge in [-0.15, -0.1) is 0 Å². The van der Waals surface area contributed by atoms with Crippen LogP contribution in [0.4, 0.5) is 5.69 Å². The van der Waals surface area contributed by atoms with Gasteiger partial charge in [0.2, 0.25) is 0 Å². The second kappa shape index (κ2) is 5.71. The van der Waals surface area contributed by atoms with Crippen LogP contribution in [0.2, 0.25) is 0 Å². The fraction of sp³-hybridized carbons (Fsp3) is 0.412. The van der Waals surface area contributed by atoms with E-state index < -0.39 is 0 Å². The van der Waals surface area contributed by atoms with E-state index in [0.29, 0.717) is 5.92 Å². The van der Waals surface area contributed by atoms with Crippen molar-refractivity contribution in [2.24, 2.45) is 0 Å². The molecule has 0 bridgehead atoms. The number of hydrogen-bond acceptors (Lipinski definition) is 3. The maximum Gasteiger partial charge on any atom is 0.105 e. The zero-order valence-corrected chi connectivity index (χ0v) is 12.2. The lowest BCUT2D eigenvalue weighted by molar-refractivity contribution is 0.311. The van der Waals surface area contributed by atoms with Gasteiger partial charge in [-0.2, -0.15) is 0 Å². The van der Waals surface area contributed by atoms with Crippen LogP contribution < -0.4 is 5.32 Å². The van der Waals surface area contributed by atoms with Gasteiger partial charge in [-0.1, -0.05) is 18.2 Å². The van der Waals surface area contributed by atoms with Crippen molar-refractivity contribution >= 4 is 5.69 Å². The van der Waals surface area contributed by atoms with Crippen molar-refractivity contribution in [2.45, 2.75) is 25.8 Å². The number of nitrogens with zero attached hydrogens (tertiary/aromatic N) is 1. The Morgan fingerprint density at radius 2 is 2.15 bits per heavy atom. The first kappa shape index (κ1) is 13.3. The third-order valence-corrected chi connectivity index (χ3v) is 4.21. The predicted octanol–water partition coefficient (Wildman–Crippen LogP) is 3.62. The first-order valence-electron chi connectivity index (χ1n) is 7.28. The van der Waals surface area contributed by atoms with E-state index in [9.17, 15) is 0 Å². The van der Waals surface area contributed by atoms with Gasteiger partial charge in [0, 0.05) is 30.3 Å². The largest absolute Gasteiger partial charge is 0.469 e. The molecule has 1 aromatic carbocycles. The van der Waals surface area contributed by atoms with Crippen molar-refractivity contribution < 1.29 is 4.42 Å². The molecule has 106 valence electrons. The Morgan fingerprint density at radius 1 is 1.30 bits per heavy atom. The number of hydrogen-bond donors (Lipinski definition) is 1. The average molecular weight is 270 g/mol. The minimum absolute atomic E-state index is 0.638.